The highest BCUT2D eigenvalue weighted by Crippen LogP contribution is 2.31. The van der Waals surface area contributed by atoms with Gasteiger partial charge < -0.3 is 10.2 Å². The zero-order valence-electron chi connectivity index (χ0n) is 12.6. The van der Waals surface area contributed by atoms with Crippen molar-refractivity contribution in [3.63, 3.8) is 0 Å². The van der Waals surface area contributed by atoms with E-state index < -0.39 is 24.2 Å². The van der Waals surface area contributed by atoms with Crippen LogP contribution in [0.25, 0.3) is 0 Å². The van der Waals surface area contributed by atoms with E-state index in [1.54, 1.807) is 12.1 Å². The highest BCUT2D eigenvalue weighted by Gasteiger charge is 2.46. The van der Waals surface area contributed by atoms with E-state index in [1.807, 2.05) is 39.0 Å². The summed E-state index contributed by atoms with van der Waals surface area (Å²) < 4.78 is 12.8. The monoisotopic (exact) mass is 292 g/mol. The van der Waals surface area contributed by atoms with Crippen molar-refractivity contribution in [3.05, 3.63) is 35.9 Å². The first kappa shape index (κ1) is 15.5. The van der Waals surface area contributed by atoms with Crippen molar-refractivity contribution in [3.8, 4) is 0 Å². The number of carbonyl (C=O) groups excluding carboxylic acids is 2. The Bertz CT molecular complexity index is 525. The second-order valence-corrected chi connectivity index (χ2v) is 6.34. The number of carbonyl (C=O) groups is 2. The van der Waals surface area contributed by atoms with Crippen LogP contribution in [0.2, 0.25) is 0 Å². The first-order valence-corrected chi connectivity index (χ1v) is 7.08. The van der Waals surface area contributed by atoms with Crippen LogP contribution in [0, 0.1) is 5.41 Å². The second-order valence-electron chi connectivity index (χ2n) is 6.34. The van der Waals surface area contributed by atoms with Crippen LogP contribution in [0.5, 0.6) is 0 Å². The van der Waals surface area contributed by atoms with Gasteiger partial charge in [-0.3, -0.25) is 9.59 Å². The molecule has 2 unspecified atom stereocenters. The molecule has 21 heavy (non-hydrogen) atoms. The van der Waals surface area contributed by atoms with Crippen LogP contribution < -0.4 is 5.32 Å². The summed E-state index contributed by atoms with van der Waals surface area (Å²) in [6.45, 7) is 4.90. The van der Waals surface area contributed by atoms with Gasteiger partial charge in [0, 0.05) is 6.54 Å². The van der Waals surface area contributed by atoms with Crippen molar-refractivity contribution < 1.29 is 14.0 Å². The number of nitrogens with one attached hydrogen (secondary N) is 1. The number of benzene rings is 1. The van der Waals surface area contributed by atoms with E-state index in [0.29, 0.717) is 5.56 Å². The molecule has 2 rings (SSSR count). The molecule has 0 radical (unpaired) electrons. The zero-order valence-corrected chi connectivity index (χ0v) is 12.6. The largest absolute Gasteiger partial charge is 0.339 e. The van der Waals surface area contributed by atoms with E-state index in [-0.39, 0.29) is 18.4 Å². The van der Waals surface area contributed by atoms with Gasteiger partial charge in [-0.05, 0) is 11.0 Å². The Hall–Kier alpha value is -1.91. The summed E-state index contributed by atoms with van der Waals surface area (Å²) in [5, 5.41) is 2.77. The fourth-order valence-corrected chi connectivity index (χ4v) is 2.78. The van der Waals surface area contributed by atoms with Gasteiger partial charge in [0.1, 0.15) is 18.8 Å². The molecule has 2 amide bonds. The number of rotatable bonds is 3. The Kier molecular flexibility index (Phi) is 4.30. The number of hydrogen-bond acceptors (Lipinski definition) is 2. The second kappa shape index (κ2) is 5.84. The van der Waals surface area contributed by atoms with E-state index in [9.17, 15) is 14.0 Å². The molecule has 1 aromatic carbocycles. The number of nitrogens with zero attached hydrogens (tertiary/aromatic N) is 1. The zero-order chi connectivity index (χ0) is 15.6. The molecule has 1 aromatic rings. The third-order valence-corrected chi connectivity index (χ3v) is 3.66. The minimum absolute atomic E-state index is 0.0580. The molecule has 1 heterocycles. The van der Waals surface area contributed by atoms with Crippen LogP contribution >= 0.6 is 0 Å². The summed E-state index contributed by atoms with van der Waals surface area (Å²) in [6.07, 6.45) is 0. The first-order chi connectivity index (χ1) is 9.86. The van der Waals surface area contributed by atoms with Gasteiger partial charge >= 0.3 is 0 Å². The summed E-state index contributed by atoms with van der Waals surface area (Å²) >= 11 is 0. The fraction of sp³-hybridized carbons (Fsp3) is 0.500. The molecular weight excluding hydrogens is 271 g/mol. The van der Waals surface area contributed by atoms with Crippen LogP contribution in [0.1, 0.15) is 32.4 Å². The molecule has 2 atom stereocenters. The average molecular weight is 292 g/mol. The van der Waals surface area contributed by atoms with E-state index in [0.717, 1.165) is 0 Å². The molecule has 0 aliphatic carbocycles. The minimum atomic E-state index is -0.733. The summed E-state index contributed by atoms with van der Waals surface area (Å²) in [5.41, 5.74) is 0.267. The van der Waals surface area contributed by atoms with Crippen LogP contribution in [-0.4, -0.2) is 36.0 Å². The SMILES string of the molecule is CC(C)(C)C1C(=O)NC(c2ccccc2)C(=O)N1CCF. The lowest BCUT2D eigenvalue weighted by Gasteiger charge is -2.44. The molecule has 1 N–H and O–H groups in total. The Morgan fingerprint density at radius 3 is 2.33 bits per heavy atom. The van der Waals surface area contributed by atoms with Crippen molar-refractivity contribution in [1.29, 1.82) is 0 Å². The highest BCUT2D eigenvalue weighted by atomic mass is 19.1. The van der Waals surface area contributed by atoms with Crippen molar-refractivity contribution in [2.45, 2.75) is 32.9 Å². The quantitative estimate of drug-likeness (QED) is 0.927. The molecule has 1 fully saturated rings. The molecule has 5 heteroatoms. The Labute approximate surface area is 124 Å². The van der Waals surface area contributed by atoms with Gasteiger partial charge in [-0.1, -0.05) is 51.1 Å². The summed E-state index contributed by atoms with van der Waals surface area (Å²) in [5.74, 6) is -0.484. The maximum Gasteiger partial charge on any atom is 0.250 e. The van der Waals surface area contributed by atoms with Gasteiger partial charge in [-0.25, -0.2) is 4.39 Å². The highest BCUT2D eigenvalue weighted by molar-refractivity contribution is 5.98. The van der Waals surface area contributed by atoms with Crippen molar-refractivity contribution in [2.75, 3.05) is 13.2 Å². The van der Waals surface area contributed by atoms with Gasteiger partial charge in [0.15, 0.2) is 0 Å². The first-order valence-electron chi connectivity index (χ1n) is 7.08. The summed E-state index contributed by atoms with van der Waals surface area (Å²) in [4.78, 5) is 26.5. The predicted octanol–water partition coefficient (Wildman–Crippen LogP) is 2.07. The number of alkyl halides is 1. The number of amides is 2. The molecule has 0 saturated carbocycles. The predicted molar refractivity (Wildman–Crippen MR) is 78.3 cm³/mol. The third-order valence-electron chi connectivity index (χ3n) is 3.66. The topological polar surface area (TPSA) is 49.4 Å². The van der Waals surface area contributed by atoms with Gasteiger partial charge in [0.25, 0.3) is 5.91 Å². The van der Waals surface area contributed by atoms with E-state index >= 15 is 0 Å². The number of piperazine rings is 1. The van der Waals surface area contributed by atoms with Crippen molar-refractivity contribution in [1.82, 2.24) is 10.2 Å². The van der Waals surface area contributed by atoms with Gasteiger partial charge in [-0.2, -0.15) is 0 Å². The Morgan fingerprint density at radius 2 is 1.81 bits per heavy atom. The molecule has 0 aromatic heterocycles. The third kappa shape index (κ3) is 3.06. The Balaban J connectivity index is 2.36. The standard InChI is InChI=1S/C16H21FN2O2/c1-16(2,3)13-14(20)18-12(11-7-5-4-6-8-11)15(21)19(13)10-9-17/h4-8,12-13H,9-10H2,1-3H3,(H,18,20). The molecule has 0 bridgehead atoms. The molecule has 1 saturated heterocycles. The molecule has 0 spiro atoms. The van der Waals surface area contributed by atoms with Gasteiger partial charge in [-0.15, -0.1) is 0 Å². The van der Waals surface area contributed by atoms with Crippen LogP contribution in [0.15, 0.2) is 30.3 Å². The van der Waals surface area contributed by atoms with Crippen molar-refractivity contribution >= 4 is 11.8 Å². The average Bonchev–Trinajstić information content (AvgIpc) is 2.42. The fourth-order valence-electron chi connectivity index (χ4n) is 2.78. The summed E-state index contributed by atoms with van der Waals surface area (Å²) in [6, 6.07) is 7.65. The molecular formula is C16H21FN2O2. The van der Waals surface area contributed by atoms with Crippen molar-refractivity contribution in [2.24, 2.45) is 5.41 Å². The van der Waals surface area contributed by atoms with Gasteiger partial charge in [0.2, 0.25) is 5.91 Å². The number of hydrogen-bond donors (Lipinski definition) is 1. The molecule has 114 valence electrons. The normalized spacial score (nSPS) is 23.1. The van der Waals surface area contributed by atoms with E-state index in [1.165, 1.54) is 4.90 Å². The Morgan fingerprint density at radius 1 is 1.19 bits per heavy atom. The number of halogens is 1. The molecule has 4 nitrogen and oxygen atoms in total. The van der Waals surface area contributed by atoms with Crippen LogP contribution in [-0.2, 0) is 9.59 Å². The maximum atomic E-state index is 12.8. The van der Waals surface area contributed by atoms with Crippen LogP contribution in [0.4, 0.5) is 4.39 Å². The lowest BCUT2D eigenvalue weighted by atomic mass is 9.82. The van der Waals surface area contributed by atoms with Crippen LogP contribution in [0.3, 0.4) is 0 Å². The van der Waals surface area contributed by atoms with E-state index in [2.05, 4.69) is 5.32 Å². The van der Waals surface area contributed by atoms with Gasteiger partial charge in [0.05, 0.1) is 0 Å². The molecule has 1 aliphatic heterocycles. The smallest absolute Gasteiger partial charge is 0.250 e. The maximum absolute atomic E-state index is 12.8. The lowest BCUT2D eigenvalue weighted by molar-refractivity contribution is -0.154. The summed E-state index contributed by atoms with van der Waals surface area (Å²) in [7, 11) is 0. The van der Waals surface area contributed by atoms with E-state index in [4.69, 9.17) is 0 Å². The lowest BCUT2D eigenvalue weighted by Crippen LogP contribution is -2.64. The molecule has 1 aliphatic rings. The minimum Gasteiger partial charge on any atom is -0.339 e.